The molecule has 1 aliphatic rings. The largest absolute Gasteiger partial charge is 0.493 e. The normalized spacial score (nSPS) is 14.6. The maximum Gasteiger partial charge on any atom is 0.226 e. The van der Waals surface area contributed by atoms with Crippen LogP contribution in [0.2, 0.25) is 0 Å². The van der Waals surface area contributed by atoms with Crippen LogP contribution < -0.4 is 14.2 Å². The molecule has 1 aromatic carbocycles. The van der Waals surface area contributed by atoms with Crippen molar-refractivity contribution >= 4 is 5.91 Å². The van der Waals surface area contributed by atoms with E-state index in [4.69, 9.17) is 14.2 Å². The molecule has 23 heavy (non-hydrogen) atoms. The van der Waals surface area contributed by atoms with Gasteiger partial charge in [-0.3, -0.25) is 4.79 Å². The number of amides is 1. The number of rotatable bonds is 7. The van der Waals surface area contributed by atoms with Gasteiger partial charge in [-0.05, 0) is 36.5 Å². The maximum atomic E-state index is 12.5. The molecule has 0 spiro atoms. The van der Waals surface area contributed by atoms with Crippen LogP contribution in [0.5, 0.6) is 17.2 Å². The molecule has 1 amide bonds. The molecule has 0 heterocycles. The van der Waals surface area contributed by atoms with Crippen molar-refractivity contribution in [1.29, 1.82) is 0 Å². The molecular weight excluding hydrogens is 294 g/mol. The third-order valence-corrected chi connectivity index (χ3v) is 4.51. The van der Waals surface area contributed by atoms with Gasteiger partial charge in [-0.15, -0.1) is 0 Å². The van der Waals surface area contributed by atoms with E-state index in [-0.39, 0.29) is 5.91 Å². The van der Waals surface area contributed by atoms with E-state index in [0.29, 0.717) is 29.6 Å². The van der Waals surface area contributed by atoms with Gasteiger partial charge >= 0.3 is 0 Å². The predicted octanol–water partition coefficient (Wildman–Crippen LogP) is 2.90. The summed E-state index contributed by atoms with van der Waals surface area (Å²) < 4.78 is 16.0. The predicted molar refractivity (Wildman–Crippen MR) is 89.4 cm³/mol. The number of hydrogen-bond donors (Lipinski definition) is 0. The number of carbonyl (C=O) groups excluding carboxylic acids is 1. The summed E-state index contributed by atoms with van der Waals surface area (Å²) in [6.45, 7) is 0.850. The third kappa shape index (κ3) is 4.30. The van der Waals surface area contributed by atoms with Crippen molar-refractivity contribution in [3.63, 3.8) is 0 Å². The fourth-order valence-corrected chi connectivity index (χ4v) is 3.23. The standard InChI is InChI=1S/C18H27NO4/c1-19(12-13-7-5-6-8-13)17(20)11-14-9-15(21-2)18(23-4)16(10-14)22-3/h9-10,13H,5-8,11-12H2,1-4H3. The molecule has 1 aliphatic carbocycles. The lowest BCUT2D eigenvalue weighted by Crippen LogP contribution is -2.32. The van der Waals surface area contributed by atoms with Crippen molar-refractivity contribution in [2.45, 2.75) is 32.1 Å². The molecule has 5 nitrogen and oxygen atoms in total. The number of methoxy groups -OCH3 is 3. The lowest BCUT2D eigenvalue weighted by atomic mass is 10.1. The van der Waals surface area contributed by atoms with Crippen molar-refractivity contribution in [2.24, 2.45) is 5.92 Å². The zero-order valence-electron chi connectivity index (χ0n) is 14.6. The van der Waals surface area contributed by atoms with Gasteiger partial charge in [-0.1, -0.05) is 12.8 Å². The molecule has 0 atom stereocenters. The smallest absolute Gasteiger partial charge is 0.226 e. The Kier molecular flexibility index (Phi) is 6.13. The van der Waals surface area contributed by atoms with Gasteiger partial charge in [0.15, 0.2) is 11.5 Å². The monoisotopic (exact) mass is 321 g/mol. The Morgan fingerprint density at radius 2 is 1.65 bits per heavy atom. The minimum Gasteiger partial charge on any atom is -0.493 e. The molecule has 2 rings (SSSR count). The molecule has 128 valence electrons. The molecule has 0 radical (unpaired) electrons. The Morgan fingerprint density at radius 1 is 1.09 bits per heavy atom. The first-order valence-corrected chi connectivity index (χ1v) is 8.11. The average Bonchev–Trinajstić information content (AvgIpc) is 3.06. The molecule has 0 aliphatic heterocycles. The lowest BCUT2D eigenvalue weighted by Gasteiger charge is -2.21. The summed E-state index contributed by atoms with van der Waals surface area (Å²) in [7, 11) is 6.61. The Labute approximate surface area is 138 Å². The highest BCUT2D eigenvalue weighted by atomic mass is 16.5. The van der Waals surface area contributed by atoms with E-state index in [0.717, 1.165) is 12.1 Å². The summed E-state index contributed by atoms with van der Waals surface area (Å²) in [6.07, 6.45) is 5.39. The topological polar surface area (TPSA) is 48.0 Å². The Balaban J connectivity index is 2.07. The molecule has 0 aromatic heterocycles. The summed E-state index contributed by atoms with van der Waals surface area (Å²) in [5, 5.41) is 0. The van der Waals surface area contributed by atoms with Gasteiger partial charge in [0.05, 0.1) is 27.8 Å². The van der Waals surface area contributed by atoms with E-state index in [1.807, 2.05) is 24.1 Å². The quantitative estimate of drug-likeness (QED) is 0.775. The molecule has 1 saturated carbocycles. The molecule has 0 bridgehead atoms. The van der Waals surface area contributed by atoms with Crippen molar-refractivity contribution in [3.05, 3.63) is 17.7 Å². The third-order valence-electron chi connectivity index (χ3n) is 4.51. The van der Waals surface area contributed by atoms with Crippen LogP contribution in [0.1, 0.15) is 31.2 Å². The first-order chi connectivity index (χ1) is 11.1. The van der Waals surface area contributed by atoms with E-state index >= 15 is 0 Å². The van der Waals surface area contributed by atoms with Gasteiger partial charge < -0.3 is 19.1 Å². The van der Waals surface area contributed by atoms with Crippen LogP contribution in [0, 0.1) is 5.92 Å². The van der Waals surface area contributed by atoms with E-state index in [2.05, 4.69) is 0 Å². The number of likely N-dealkylation sites (N-methyl/N-ethyl adjacent to an activating group) is 1. The van der Waals surface area contributed by atoms with Gasteiger partial charge in [0.25, 0.3) is 0 Å². The van der Waals surface area contributed by atoms with Crippen LogP contribution in [0.15, 0.2) is 12.1 Å². The first-order valence-electron chi connectivity index (χ1n) is 8.11. The van der Waals surface area contributed by atoms with Gasteiger partial charge in [-0.25, -0.2) is 0 Å². The summed E-state index contributed by atoms with van der Waals surface area (Å²) in [4.78, 5) is 14.3. The van der Waals surface area contributed by atoms with Crippen LogP contribution in [0.3, 0.4) is 0 Å². The van der Waals surface area contributed by atoms with Crippen LogP contribution in [-0.4, -0.2) is 45.7 Å². The van der Waals surface area contributed by atoms with Gasteiger partial charge in [0.1, 0.15) is 0 Å². The minimum absolute atomic E-state index is 0.117. The average molecular weight is 321 g/mol. The van der Waals surface area contributed by atoms with Gasteiger partial charge in [0, 0.05) is 13.6 Å². The number of nitrogens with zero attached hydrogens (tertiary/aromatic N) is 1. The Bertz CT molecular complexity index is 513. The zero-order chi connectivity index (χ0) is 16.8. The summed E-state index contributed by atoms with van der Waals surface area (Å²) in [6, 6.07) is 3.67. The van der Waals surface area contributed by atoms with Crippen molar-refractivity contribution < 1.29 is 19.0 Å². The summed E-state index contributed by atoms with van der Waals surface area (Å²) in [5.74, 6) is 2.47. The molecule has 0 saturated heterocycles. The molecule has 0 N–H and O–H groups in total. The Hall–Kier alpha value is -1.91. The number of hydrogen-bond acceptors (Lipinski definition) is 4. The van der Waals surface area contributed by atoms with Gasteiger partial charge in [-0.2, -0.15) is 0 Å². The molecule has 0 unspecified atom stereocenters. The molecule has 1 fully saturated rings. The van der Waals surface area contributed by atoms with Crippen LogP contribution >= 0.6 is 0 Å². The van der Waals surface area contributed by atoms with E-state index < -0.39 is 0 Å². The highest BCUT2D eigenvalue weighted by molar-refractivity contribution is 5.79. The fraction of sp³-hybridized carbons (Fsp3) is 0.611. The fourth-order valence-electron chi connectivity index (χ4n) is 3.23. The van der Waals surface area contributed by atoms with E-state index in [1.165, 1.54) is 25.7 Å². The van der Waals surface area contributed by atoms with Crippen LogP contribution in [0.25, 0.3) is 0 Å². The molecular formula is C18H27NO4. The van der Waals surface area contributed by atoms with Crippen LogP contribution in [-0.2, 0) is 11.2 Å². The second-order valence-electron chi connectivity index (χ2n) is 6.14. The van der Waals surface area contributed by atoms with Gasteiger partial charge in [0.2, 0.25) is 11.7 Å². The van der Waals surface area contributed by atoms with Crippen molar-refractivity contribution in [1.82, 2.24) is 4.90 Å². The summed E-state index contributed by atoms with van der Waals surface area (Å²) >= 11 is 0. The van der Waals surface area contributed by atoms with E-state index in [9.17, 15) is 4.79 Å². The number of benzene rings is 1. The first kappa shape index (κ1) is 17.4. The van der Waals surface area contributed by atoms with E-state index in [1.54, 1.807) is 21.3 Å². The number of ether oxygens (including phenoxy) is 3. The molecule has 5 heteroatoms. The Morgan fingerprint density at radius 3 is 2.13 bits per heavy atom. The number of carbonyl (C=O) groups is 1. The second kappa shape index (κ2) is 8.09. The lowest BCUT2D eigenvalue weighted by molar-refractivity contribution is -0.129. The van der Waals surface area contributed by atoms with Crippen molar-refractivity contribution in [2.75, 3.05) is 34.9 Å². The SMILES string of the molecule is COc1cc(CC(=O)N(C)CC2CCCC2)cc(OC)c1OC. The summed E-state index contributed by atoms with van der Waals surface area (Å²) in [5.41, 5.74) is 0.864. The minimum atomic E-state index is 0.117. The maximum absolute atomic E-state index is 12.5. The molecule has 1 aromatic rings. The highest BCUT2D eigenvalue weighted by Crippen LogP contribution is 2.38. The second-order valence-corrected chi connectivity index (χ2v) is 6.14. The van der Waals surface area contributed by atoms with Crippen LogP contribution in [0.4, 0.5) is 0 Å². The highest BCUT2D eigenvalue weighted by Gasteiger charge is 2.20. The zero-order valence-corrected chi connectivity index (χ0v) is 14.6. The van der Waals surface area contributed by atoms with Crippen molar-refractivity contribution in [3.8, 4) is 17.2 Å².